The molecule has 0 saturated heterocycles. The van der Waals surface area contributed by atoms with Crippen LogP contribution in [-0.2, 0) is 17.9 Å². The molecule has 0 aliphatic heterocycles. The van der Waals surface area contributed by atoms with Gasteiger partial charge in [0, 0.05) is 21.2 Å². The van der Waals surface area contributed by atoms with Crippen molar-refractivity contribution in [3.8, 4) is 22.4 Å². The second kappa shape index (κ2) is 6.53. The van der Waals surface area contributed by atoms with Crippen LogP contribution in [0.5, 0.6) is 0 Å². The van der Waals surface area contributed by atoms with Gasteiger partial charge in [0.2, 0.25) is 5.69 Å². The Balaban J connectivity index is 1.87. The lowest BCUT2D eigenvalue weighted by atomic mass is 9.54. The molecule has 4 aromatic rings. The summed E-state index contributed by atoms with van der Waals surface area (Å²) in [6, 6.07) is 21.5. The molecule has 0 atom stereocenters. The van der Waals surface area contributed by atoms with E-state index in [9.17, 15) is 0 Å². The number of aromatic nitrogens is 1. The molecule has 0 spiro atoms. The first kappa shape index (κ1) is 16.7. The minimum atomic E-state index is -2.12. The minimum Gasteiger partial charge on any atom is -0.201 e. The summed E-state index contributed by atoms with van der Waals surface area (Å²) in [5.74, 6) is 0. The fourth-order valence-electron chi connectivity index (χ4n) is 5.41. The standard InChI is InChI=1S/C30H32N/c1-19-12-15-26(31(7)18-19)27-20(2)13-14-23-24-16-21-10-8-9-11-22(21)17-25(24)29(3,4)30(5,6)28(23)27/h8-18H,1-7H3/q+1/i1D3. The van der Waals surface area contributed by atoms with Gasteiger partial charge in [-0.25, -0.2) is 4.57 Å². The molecule has 0 N–H and O–H groups in total. The Morgan fingerprint density at radius 3 is 2.19 bits per heavy atom. The molecule has 1 nitrogen and oxygen atoms in total. The van der Waals surface area contributed by atoms with Gasteiger partial charge in [0.15, 0.2) is 6.20 Å². The van der Waals surface area contributed by atoms with Crippen LogP contribution in [0, 0.1) is 13.8 Å². The zero-order chi connectivity index (χ0) is 24.6. The summed E-state index contributed by atoms with van der Waals surface area (Å²) in [5.41, 5.74) is 8.80. The summed E-state index contributed by atoms with van der Waals surface area (Å²) in [7, 11) is 1.95. The van der Waals surface area contributed by atoms with Crippen molar-refractivity contribution in [2.75, 3.05) is 0 Å². The fourth-order valence-corrected chi connectivity index (χ4v) is 5.41. The van der Waals surface area contributed by atoms with E-state index in [4.69, 9.17) is 4.11 Å². The second-order valence-corrected chi connectivity index (χ2v) is 10.1. The Hall–Kier alpha value is -2.93. The molecule has 0 unspecified atom stereocenters. The van der Waals surface area contributed by atoms with Crippen LogP contribution < -0.4 is 4.57 Å². The van der Waals surface area contributed by atoms with Gasteiger partial charge in [-0.1, -0.05) is 64.1 Å². The van der Waals surface area contributed by atoms with Crippen molar-refractivity contribution in [2.24, 2.45) is 7.05 Å². The van der Waals surface area contributed by atoms with E-state index in [1.54, 1.807) is 12.3 Å². The highest BCUT2D eigenvalue weighted by atomic mass is 14.9. The Bertz CT molecular complexity index is 1460. The summed E-state index contributed by atoms with van der Waals surface area (Å²) in [4.78, 5) is 0. The van der Waals surface area contributed by atoms with Gasteiger partial charge >= 0.3 is 0 Å². The third-order valence-electron chi connectivity index (χ3n) is 7.84. The first-order chi connectivity index (χ1) is 15.8. The Morgan fingerprint density at radius 1 is 0.806 bits per heavy atom. The molecule has 1 aromatic heterocycles. The van der Waals surface area contributed by atoms with Crippen LogP contribution in [0.3, 0.4) is 0 Å². The first-order valence-electron chi connectivity index (χ1n) is 12.5. The van der Waals surface area contributed by atoms with Crippen LogP contribution in [0.1, 0.15) is 54.1 Å². The quantitative estimate of drug-likeness (QED) is 0.293. The smallest absolute Gasteiger partial charge is 0.201 e. The highest BCUT2D eigenvalue weighted by molar-refractivity contribution is 5.94. The SMILES string of the molecule is [2H]C([2H])([2H])c1ccc(-c2c(C)ccc3c2C(C)(C)C(C)(C)c2cc4ccccc4cc2-3)[n+](C)c1. The van der Waals surface area contributed by atoms with Gasteiger partial charge in [0.1, 0.15) is 7.05 Å². The van der Waals surface area contributed by atoms with E-state index in [1.165, 1.54) is 44.2 Å². The molecule has 0 fully saturated rings. The van der Waals surface area contributed by atoms with E-state index in [0.717, 1.165) is 5.69 Å². The predicted octanol–water partition coefficient (Wildman–Crippen LogP) is 7.18. The third-order valence-corrected chi connectivity index (χ3v) is 7.84. The van der Waals surface area contributed by atoms with Crippen LogP contribution in [0.25, 0.3) is 33.2 Å². The normalized spacial score (nSPS) is 17.9. The molecule has 0 amide bonds. The van der Waals surface area contributed by atoms with Crippen LogP contribution in [0.15, 0.2) is 66.9 Å². The summed E-state index contributed by atoms with van der Waals surface area (Å²) in [6.45, 7) is 9.45. The van der Waals surface area contributed by atoms with Crippen LogP contribution in [0.4, 0.5) is 0 Å². The van der Waals surface area contributed by atoms with Crippen molar-refractivity contribution in [1.29, 1.82) is 0 Å². The fraction of sp³-hybridized carbons (Fsp3) is 0.300. The average Bonchev–Trinajstić information content (AvgIpc) is 2.76. The molecular weight excluding hydrogens is 374 g/mol. The Kier molecular flexibility index (Phi) is 3.52. The number of rotatable bonds is 1. The molecule has 0 bridgehead atoms. The number of nitrogens with zero attached hydrogens (tertiary/aromatic N) is 1. The number of pyridine rings is 1. The summed E-state index contributed by atoms with van der Waals surface area (Å²) >= 11 is 0. The maximum absolute atomic E-state index is 7.82. The zero-order valence-electron chi connectivity index (χ0n) is 22.3. The van der Waals surface area contributed by atoms with Crippen molar-refractivity contribution in [2.45, 2.75) is 52.3 Å². The van der Waals surface area contributed by atoms with E-state index in [1.807, 2.05) is 17.7 Å². The van der Waals surface area contributed by atoms with Crippen molar-refractivity contribution in [1.82, 2.24) is 0 Å². The van der Waals surface area contributed by atoms with E-state index >= 15 is 0 Å². The molecule has 1 aliphatic rings. The average molecular weight is 410 g/mol. The van der Waals surface area contributed by atoms with E-state index in [-0.39, 0.29) is 10.8 Å². The molecule has 0 radical (unpaired) electrons. The van der Waals surface area contributed by atoms with Gasteiger partial charge in [-0.3, -0.25) is 0 Å². The van der Waals surface area contributed by atoms with E-state index in [2.05, 4.69) is 83.1 Å². The number of aryl methyl sites for hydroxylation is 3. The lowest BCUT2D eigenvalue weighted by Crippen LogP contribution is -2.44. The summed E-state index contributed by atoms with van der Waals surface area (Å²) < 4.78 is 25.4. The van der Waals surface area contributed by atoms with Gasteiger partial charge in [0.05, 0.1) is 5.56 Å². The van der Waals surface area contributed by atoms with Gasteiger partial charge in [-0.2, -0.15) is 0 Å². The lowest BCUT2D eigenvalue weighted by Gasteiger charge is -2.49. The number of hydrogen-bond donors (Lipinski definition) is 0. The third kappa shape index (κ3) is 2.72. The second-order valence-electron chi connectivity index (χ2n) is 10.1. The Labute approximate surface area is 190 Å². The van der Waals surface area contributed by atoms with Crippen LogP contribution in [0.2, 0.25) is 0 Å². The predicted molar refractivity (Wildman–Crippen MR) is 132 cm³/mol. The Morgan fingerprint density at radius 2 is 1.52 bits per heavy atom. The van der Waals surface area contributed by atoms with Crippen molar-refractivity contribution < 1.29 is 8.68 Å². The molecule has 156 valence electrons. The van der Waals surface area contributed by atoms with Crippen LogP contribution in [-0.4, -0.2) is 0 Å². The topological polar surface area (TPSA) is 3.88 Å². The van der Waals surface area contributed by atoms with Gasteiger partial charge in [-0.15, -0.1) is 0 Å². The largest absolute Gasteiger partial charge is 0.212 e. The molecule has 0 saturated carbocycles. The molecule has 1 heteroatoms. The van der Waals surface area contributed by atoms with E-state index < -0.39 is 6.85 Å². The van der Waals surface area contributed by atoms with Crippen molar-refractivity contribution in [3.05, 3.63) is 89.1 Å². The van der Waals surface area contributed by atoms with Crippen molar-refractivity contribution >= 4 is 10.8 Å². The van der Waals surface area contributed by atoms with Crippen LogP contribution >= 0.6 is 0 Å². The first-order valence-corrected chi connectivity index (χ1v) is 11.0. The zero-order valence-corrected chi connectivity index (χ0v) is 19.3. The number of fused-ring (bicyclic) bond motifs is 4. The lowest BCUT2D eigenvalue weighted by molar-refractivity contribution is -0.660. The summed E-state index contributed by atoms with van der Waals surface area (Å²) in [5, 5.41) is 2.52. The molecule has 1 aliphatic carbocycles. The molecule has 1 heterocycles. The maximum Gasteiger partial charge on any atom is 0.212 e. The van der Waals surface area contributed by atoms with Gasteiger partial charge in [0.25, 0.3) is 0 Å². The number of hydrogen-bond acceptors (Lipinski definition) is 0. The van der Waals surface area contributed by atoms with E-state index in [0.29, 0.717) is 5.56 Å². The maximum atomic E-state index is 7.82. The molecule has 5 rings (SSSR count). The van der Waals surface area contributed by atoms with Gasteiger partial charge < -0.3 is 0 Å². The highest BCUT2D eigenvalue weighted by Gasteiger charge is 2.48. The molecule has 3 aromatic carbocycles. The van der Waals surface area contributed by atoms with Crippen molar-refractivity contribution in [3.63, 3.8) is 0 Å². The highest BCUT2D eigenvalue weighted by Crippen LogP contribution is 2.57. The summed E-state index contributed by atoms with van der Waals surface area (Å²) in [6.07, 6.45) is 1.75. The molecular formula is C30H32N+. The monoisotopic (exact) mass is 409 g/mol. The van der Waals surface area contributed by atoms with Gasteiger partial charge in [-0.05, 0) is 76.0 Å². The minimum absolute atomic E-state index is 0.112. The molecule has 31 heavy (non-hydrogen) atoms. The number of benzene rings is 3.